The standard InChI is InChI=1S/C22H22O8/c23-21(15-7-3-1-4-8-15)25-11-17-19-20(30-13-27-17)18(28-14-29-19)12-26-22(24)16-9-5-2-6-10-16/h1-10,17-20H,11-14H2/t17-,18+,19-,20-/m1/s1. The van der Waals surface area contributed by atoms with Crippen molar-refractivity contribution < 1.29 is 38.0 Å². The van der Waals surface area contributed by atoms with Crippen molar-refractivity contribution in [2.45, 2.75) is 24.4 Å². The lowest BCUT2D eigenvalue weighted by Gasteiger charge is -2.43. The Balaban J connectivity index is 1.32. The molecule has 2 fully saturated rings. The zero-order chi connectivity index (χ0) is 20.8. The average molecular weight is 414 g/mol. The Bertz CT molecular complexity index is 769. The van der Waals surface area contributed by atoms with Crippen molar-refractivity contribution in [3.63, 3.8) is 0 Å². The largest absolute Gasteiger partial charge is 0.459 e. The Morgan fingerprint density at radius 2 is 1.07 bits per heavy atom. The molecule has 4 rings (SSSR count). The molecule has 0 N–H and O–H groups in total. The van der Waals surface area contributed by atoms with Crippen molar-refractivity contribution in [1.29, 1.82) is 0 Å². The molecular weight excluding hydrogens is 392 g/mol. The Kier molecular flexibility index (Phi) is 6.70. The van der Waals surface area contributed by atoms with Crippen LogP contribution in [0.2, 0.25) is 0 Å². The van der Waals surface area contributed by atoms with E-state index in [2.05, 4.69) is 0 Å². The normalized spacial score (nSPS) is 25.7. The van der Waals surface area contributed by atoms with E-state index < -0.39 is 36.4 Å². The first-order valence-electron chi connectivity index (χ1n) is 9.63. The van der Waals surface area contributed by atoms with E-state index in [0.29, 0.717) is 11.1 Å². The second kappa shape index (κ2) is 9.82. The number of rotatable bonds is 6. The van der Waals surface area contributed by atoms with Gasteiger partial charge in [-0.3, -0.25) is 0 Å². The van der Waals surface area contributed by atoms with Gasteiger partial charge in [-0.25, -0.2) is 9.59 Å². The molecule has 0 radical (unpaired) electrons. The van der Waals surface area contributed by atoms with Crippen LogP contribution >= 0.6 is 0 Å². The predicted octanol–water partition coefficient (Wildman–Crippen LogP) is 2.18. The zero-order valence-electron chi connectivity index (χ0n) is 16.2. The van der Waals surface area contributed by atoms with Crippen molar-refractivity contribution >= 4 is 11.9 Å². The molecule has 2 saturated heterocycles. The highest BCUT2D eigenvalue weighted by atomic mass is 16.8. The van der Waals surface area contributed by atoms with Crippen molar-refractivity contribution in [2.24, 2.45) is 0 Å². The van der Waals surface area contributed by atoms with Gasteiger partial charge < -0.3 is 28.4 Å². The summed E-state index contributed by atoms with van der Waals surface area (Å²) in [6, 6.07) is 17.4. The first kappa shape index (κ1) is 20.5. The minimum absolute atomic E-state index is 0.00871. The molecular formula is C22H22O8. The summed E-state index contributed by atoms with van der Waals surface area (Å²) in [6.45, 7) is -0.00129. The summed E-state index contributed by atoms with van der Waals surface area (Å²) < 4.78 is 33.2. The van der Waals surface area contributed by atoms with Crippen LogP contribution in [0.4, 0.5) is 0 Å². The lowest BCUT2D eigenvalue weighted by Crippen LogP contribution is -2.59. The fourth-order valence-electron chi connectivity index (χ4n) is 3.34. The van der Waals surface area contributed by atoms with Crippen LogP contribution in [0, 0.1) is 0 Å². The second-order valence-corrected chi connectivity index (χ2v) is 6.84. The number of carbonyl (C=O) groups excluding carboxylic acids is 2. The molecule has 0 aliphatic carbocycles. The Hall–Kier alpha value is -2.78. The topological polar surface area (TPSA) is 89.5 Å². The second-order valence-electron chi connectivity index (χ2n) is 6.84. The molecule has 2 heterocycles. The molecule has 8 nitrogen and oxygen atoms in total. The molecule has 2 aliphatic rings. The van der Waals surface area contributed by atoms with Crippen molar-refractivity contribution in [3.8, 4) is 0 Å². The van der Waals surface area contributed by atoms with Crippen LogP contribution in [0.25, 0.3) is 0 Å². The van der Waals surface area contributed by atoms with E-state index in [4.69, 9.17) is 28.4 Å². The summed E-state index contributed by atoms with van der Waals surface area (Å²) in [7, 11) is 0. The Labute approximate surface area is 173 Å². The van der Waals surface area contributed by atoms with Crippen LogP contribution in [0.1, 0.15) is 20.7 Å². The Morgan fingerprint density at radius 1 is 0.667 bits per heavy atom. The third-order valence-electron chi connectivity index (χ3n) is 4.92. The molecule has 0 unspecified atom stereocenters. The number of hydrogen-bond donors (Lipinski definition) is 0. The molecule has 0 saturated carbocycles. The zero-order valence-corrected chi connectivity index (χ0v) is 16.2. The van der Waals surface area contributed by atoms with Crippen molar-refractivity contribution in [2.75, 3.05) is 26.8 Å². The average Bonchev–Trinajstić information content (AvgIpc) is 2.82. The number of esters is 2. The SMILES string of the molecule is O=C(OC[C@@H]1OCO[C@H]2[C@@H]1OCO[C@@H]2COC(=O)c1ccccc1)c1ccccc1. The van der Waals surface area contributed by atoms with E-state index in [0.717, 1.165) is 0 Å². The molecule has 0 amide bonds. The fraction of sp³-hybridized carbons (Fsp3) is 0.364. The molecule has 4 atom stereocenters. The van der Waals surface area contributed by atoms with E-state index in [9.17, 15) is 9.59 Å². The molecule has 158 valence electrons. The van der Waals surface area contributed by atoms with Crippen molar-refractivity contribution in [3.05, 3.63) is 71.8 Å². The van der Waals surface area contributed by atoms with E-state index in [1.807, 2.05) is 12.1 Å². The summed E-state index contributed by atoms with van der Waals surface area (Å²) in [5.74, 6) is -0.884. The number of fused-ring (bicyclic) bond motifs is 1. The smallest absolute Gasteiger partial charge is 0.338 e. The maximum absolute atomic E-state index is 12.2. The molecule has 2 aromatic rings. The van der Waals surface area contributed by atoms with E-state index in [1.54, 1.807) is 48.5 Å². The highest BCUT2D eigenvalue weighted by Gasteiger charge is 2.45. The maximum Gasteiger partial charge on any atom is 0.338 e. The predicted molar refractivity (Wildman–Crippen MR) is 103 cm³/mol. The summed E-state index contributed by atoms with van der Waals surface area (Å²) in [5, 5.41) is 0. The van der Waals surface area contributed by atoms with Gasteiger partial charge in [-0.2, -0.15) is 0 Å². The summed E-state index contributed by atoms with van der Waals surface area (Å²) in [5.41, 5.74) is 0.916. The third-order valence-corrected chi connectivity index (χ3v) is 4.92. The van der Waals surface area contributed by atoms with Gasteiger partial charge in [0.05, 0.1) is 11.1 Å². The van der Waals surface area contributed by atoms with Gasteiger partial charge in [0.15, 0.2) is 0 Å². The minimum atomic E-state index is -0.521. The summed E-state index contributed by atoms with van der Waals surface area (Å²) in [6.07, 6.45) is -2.08. The maximum atomic E-state index is 12.2. The van der Waals surface area contributed by atoms with Crippen LogP contribution in [0.5, 0.6) is 0 Å². The molecule has 30 heavy (non-hydrogen) atoms. The lowest BCUT2D eigenvalue weighted by atomic mass is 10.0. The van der Waals surface area contributed by atoms with Crippen LogP contribution in [-0.4, -0.2) is 63.2 Å². The monoisotopic (exact) mass is 414 g/mol. The Morgan fingerprint density at radius 3 is 1.47 bits per heavy atom. The number of carbonyl (C=O) groups is 2. The molecule has 2 aliphatic heterocycles. The molecule has 8 heteroatoms. The van der Waals surface area contributed by atoms with Crippen LogP contribution in [0.15, 0.2) is 60.7 Å². The summed E-state index contributed by atoms with van der Waals surface area (Å²) >= 11 is 0. The van der Waals surface area contributed by atoms with Crippen LogP contribution < -0.4 is 0 Å². The van der Waals surface area contributed by atoms with Gasteiger partial charge in [0, 0.05) is 0 Å². The summed E-state index contributed by atoms with van der Waals surface area (Å²) in [4.78, 5) is 24.4. The van der Waals surface area contributed by atoms with Gasteiger partial charge in [-0.05, 0) is 24.3 Å². The van der Waals surface area contributed by atoms with Gasteiger partial charge in [0.2, 0.25) is 0 Å². The minimum Gasteiger partial charge on any atom is -0.459 e. The molecule has 2 aromatic carbocycles. The van der Waals surface area contributed by atoms with E-state index in [-0.39, 0.29) is 26.8 Å². The van der Waals surface area contributed by atoms with Gasteiger partial charge in [0.1, 0.15) is 51.2 Å². The fourth-order valence-corrected chi connectivity index (χ4v) is 3.34. The number of hydrogen-bond acceptors (Lipinski definition) is 8. The van der Waals surface area contributed by atoms with Crippen LogP contribution in [-0.2, 0) is 28.4 Å². The van der Waals surface area contributed by atoms with Crippen molar-refractivity contribution in [1.82, 2.24) is 0 Å². The highest BCUT2D eigenvalue weighted by molar-refractivity contribution is 5.89. The quantitative estimate of drug-likeness (QED) is 0.665. The van der Waals surface area contributed by atoms with Gasteiger partial charge in [-0.15, -0.1) is 0 Å². The molecule has 0 spiro atoms. The van der Waals surface area contributed by atoms with Crippen LogP contribution in [0.3, 0.4) is 0 Å². The first-order valence-corrected chi connectivity index (χ1v) is 9.63. The van der Waals surface area contributed by atoms with Gasteiger partial charge >= 0.3 is 11.9 Å². The highest BCUT2D eigenvalue weighted by Crippen LogP contribution is 2.26. The number of benzene rings is 2. The molecule has 0 aromatic heterocycles. The lowest BCUT2D eigenvalue weighted by molar-refractivity contribution is -0.328. The van der Waals surface area contributed by atoms with E-state index >= 15 is 0 Å². The molecule has 0 bridgehead atoms. The van der Waals surface area contributed by atoms with E-state index in [1.165, 1.54) is 0 Å². The first-order chi connectivity index (χ1) is 14.7. The third kappa shape index (κ3) is 4.85. The van der Waals surface area contributed by atoms with Gasteiger partial charge in [-0.1, -0.05) is 36.4 Å². The van der Waals surface area contributed by atoms with Gasteiger partial charge in [0.25, 0.3) is 0 Å². The number of ether oxygens (including phenoxy) is 6.